The summed E-state index contributed by atoms with van der Waals surface area (Å²) in [5.41, 5.74) is 1.76. The largest absolute Gasteiger partial charge is 0.497 e. The van der Waals surface area contributed by atoms with Crippen molar-refractivity contribution in [2.24, 2.45) is 0 Å². The highest BCUT2D eigenvalue weighted by Crippen LogP contribution is 2.29. The zero-order valence-corrected chi connectivity index (χ0v) is 24.8. The highest BCUT2D eigenvalue weighted by Gasteiger charge is 2.33. The summed E-state index contributed by atoms with van der Waals surface area (Å²) in [6, 6.07) is 19.2. The maximum absolute atomic E-state index is 14.1. The fourth-order valence-corrected chi connectivity index (χ4v) is 5.84. The fourth-order valence-electron chi connectivity index (χ4n) is 4.24. The minimum atomic E-state index is -4.16. The second-order valence-corrected chi connectivity index (χ2v) is 11.6. The molecule has 0 saturated heterocycles. The molecule has 0 saturated carbocycles. The second-order valence-electron chi connectivity index (χ2n) is 9.35. The number of benzene rings is 3. The number of nitrogens with zero attached hydrogens (tertiary/aromatic N) is 2. The highest BCUT2D eigenvalue weighted by molar-refractivity contribution is 7.92. The van der Waals surface area contributed by atoms with Crippen molar-refractivity contribution in [1.82, 2.24) is 10.2 Å². The molecule has 3 aromatic rings. The Bertz CT molecular complexity index is 1420. The fraction of sp³-hybridized carbons (Fsp3) is 0.333. The van der Waals surface area contributed by atoms with Gasteiger partial charge in [0.2, 0.25) is 11.8 Å². The average molecular weight is 586 g/mol. The quantitative estimate of drug-likeness (QED) is 0.298. The SMILES string of the molecule is CCCNC(=O)[C@H](CC)N(Cc1cccc(OC)c1)C(=O)CN(c1ccc(C)c(Cl)c1)S(=O)(=O)c1ccccc1. The Morgan fingerprint density at radius 3 is 2.35 bits per heavy atom. The van der Waals surface area contributed by atoms with E-state index in [0.717, 1.165) is 21.9 Å². The van der Waals surface area contributed by atoms with E-state index in [0.29, 0.717) is 23.7 Å². The van der Waals surface area contributed by atoms with Crippen LogP contribution in [0.25, 0.3) is 0 Å². The maximum Gasteiger partial charge on any atom is 0.264 e. The van der Waals surface area contributed by atoms with Gasteiger partial charge in [0.15, 0.2) is 0 Å². The topological polar surface area (TPSA) is 96.0 Å². The molecule has 3 rings (SSSR count). The van der Waals surface area contributed by atoms with Crippen LogP contribution in [0.2, 0.25) is 5.02 Å². The summed E-state index contributed by atoms with van der Waals surface area (Å²) in [4.78, 5) is 28.7. The molecule has 214 valence electrons. The minimum Gasteiger partial charge on any atom is -0.497 e. The molecule has 0 unspecified atom stereocenters. The van der Waals surface area contributed by atoms with E-state index in [9.17, 15) is 18.0 Å². The molecule has 0 aromatic heterocycles. The van der Waals surface area contributed by atoms with Gasteiger partial charge in [-0.05, 0) is 67.3 Å². The molecule has 3 aromatic carbocycles. The molecular formula is C30H36ClN3O5S. The number of hydrogen-bond donors (Lipinski definition) is 1. The summed E-state index contributed by atoms with van der Waals surface area (Å²) in [7, 11) is -2.61. The van der Waals surface area contributed by atoms with Crippen LogP contribution in [0.4, 0.5) is 5.69 Å². The Hall–Kier alpha value is -3.56. The number of aryl methyl sites for hydroxylation is 1. The van der Waals surface area contributed by atoms with Gasteiger partial charge in [0.05, 0.1) is 17.7 Å². The monoisotopic (exact) mass is 585 g/mol. The molecule has 10 heteroatoms. The average Bonchev–Trinajstić information content (AvgIpc) is 2.96. The van der Waals surface area contributed by atoms with Gasteiger partial charge >= 0.3 is 0 Å². The zero-order valence-electron chi connectivity index (χ0n) is 23.3. The molecule has 0 spiro atoms. The number of ether oxygens (including phenoxy) is 1. The first kappa shape index (κ1) is 31.0. The van der Waals surface area contributed by atoms with Gasteiger partial charge in [0.25, 0.3) is 10.0 Å². The number of nitrogens with one attached hydrogen (secondary N) is 1. The number of amides is 2. The summed E-state index contributed by atoms with van der Waals surface area (Å²) < 4.78 is 34.1. The van der Waals surface area contributed by atoms with Crippen molar-refractivity contribution in [2.75, 3.05) is 24.5 Å². The van der Waals surface area contributed by atoms with Crippen LogP contribution in [-0.4, -0.2) is 51.4 Å². The van der Waals surface area contributed by atoms with Crippen LogP contribution in [0.1, 0.15) is 37.8 Å². The van der Waals surface area contributed by atoms with E-state index in [4.69, 9.17) is 16.3 Å². The Morgan fingerprint density at radius 1 is 1.00 bits per heavy atom. The van der Waals surface area contributed by atoms with E-state index >= 15 is 0 Å². The predicted molar refractivity (Wildman–Crippen MR) is 158 cm³/mol. The molecule has 0 radical (unpaired) electrons. The van der Waals surface area contributed by atoms with E-state index in [1.165, 1.54) is 23.1 Å². The van der Waals surface area contributed by atoms with E-state index in [2.05, 4.69) is 5.32 Å². The first-order chi connectivity index (χ1) is 19.1. The molecule has 0 fully saturated rings. The summed E-state index contributed by atoms with van der Waals surface area (Å²) in [5, 5.41) is 3.25. The van der Waals surface area contributed by atoms with Crippen molar-refractivity contribution in [3.05, 3.63) is 88.9 Å². The van der Waals surface area contributed by atoms with Crippen LogP contribution in [-0.2, 0) is 26.2 Å². The Balaban J connectivity index is 2.07. The molecule has 1 N–H and O–H groups in total. The van der Waals surface area contributed by atoms with Crippen molar-refractivity contribution in [2.45, 2.75) is 51.1 Å². The normalized spacial score (nSPS) is 11.9. The summed E-state index contributed by atoms with van der Waals surface area (Å²) in [6.45, 7) is 5.59. The third-order valence-electron chi connectivity index (χ3n) is 6.48. The summed E-state index contributed by atoms with van der Waals surface area (Å²) >= 11 is 6.37. The number of hydrogen-bond acceptors (Lipinski definition) is 5. The van der Waals surface area contributed by atoms with Crippen molar-refractivity contribution in [1.29, 1.82) is 0 Å². The molecule has 2 amide bonds. The summed E-state index contributed by atoms with van der Waals surface area (Å²) in [5.74, 6) is -0.218. The van der Waals surface area contributed by atoms with Crippen LogP contribution >= 0.6 is 11.6 Å². The van der Waals surface area contributed by atoms with E-state index < -0.39 is 28.5 Å². The van der Waals surface area contributed by atoms with E-state index in [-0.39, 0.29) is 23.0 Å². The molecule has 8 nitrogen and oxygen atoms in total. The first-order valence-corrected chi connectivity index (χ1v) is 15.0. The van der Waals surface area contributed by atoms with Gasteiger partial charge in [0, 0.05) is 18.1 Å². The van der Waals surface area contributed by atoms with Gasteiger partial charge in [-0.1, -0.05) is 61.8 Å². The third-order valence-corrected chi connectivity index (χ3v) is 8.67. The van der Waals surface area contributed by atoms with Crippen LogP contribution in [0.15, 0.2) is 77.7 Å². The smallest absolute Gasteiger partial charge is 0.264 e. The zero-order chi connectivity index (χ0) is 29.3. The number of rotatable bonds is 13. The standard InChI is InChI=1S/C30H36ClN3O5S/c1-5-17-32-30(36)28(6-2)33(20-23-11-10-12-25(18-23)39-4)29(35)21-34(24-16-15-22(3)27(31)19-24)40(37,38)26-13-8-7-9-14-26/h7-16,18-19,28H,5-6,17,20-21H2,1-4H3,(H,32,36)/t28-/m0/s1. The second kappa shape index (κ2) is 14.2. The maximum atomic E-state index is 14.1. The molecule has 1 atom stereocenters. The number of carbonyl (C=O) groups is 2. The molecule has 0 aliphatic rings. The number of methoxy groups -OCH3 is 1. The lowest BCUT2D eigenvalue weighted by molar-refractivity contribution is -0.140. The van der Waals surface area contributed by atoms with E-state index in [1.54, 1.807) is 55.6 Å². The lowest BCUT2D eigenvalue weighted by atomic mass is 10.1. The number of carbonyl (C=O) groups excluding carboxylic acids is 2. The van der Waals surface area contributed by atoms with Crippen molar-refractivity contribution < 1.29 is 22.7 Å². The number of anilines is 1. The van der Waals surface area contributed by atoms with Crippen molar-refractivity contribution >= 4 is 39.1 Å². The van der Waals surface area contributed by atoms with Gasteiger partial charge in [0.1, 0.15) is 18.3 Å². The lowest BCUT2D eigenvalue weighted by Gasteiger charge is -2.33. The third kappa shape index (κ3) is 7.55. The van der Waals surface area contributed by atoms with Crippen LogP contribution < -0.4 is 14.4 Å². The molecule has 0 bridgehead atoms. The molecule has 0 aliphatic heterocycles. The van der Waals surface area contributed by atoms with Gasteiger partial charge in [-0.2, -0.15) is 0 Å². The van der Waals surface area contributed by atoms with Crippen molar-refractivity contribution in [3.63, 3.8) is 0 Å². The van der Waals surface area contributed by atoms with Gasteiger partial charge in [-0.15, -0.1) is 0 Å². The molecule has 40 heavy (non-hydrogen) atoms. The van der Waals surface area contributed by atoms with Crippen molar-refractivity contribution in [3.8, 4) is 5.75 Å². The Morgan fingerprint density at radius 2 is 1.73 bits per heavy atom. The molecule has 0 aliphatic carbocycles. The Labute approximate surface area is 241 Å². The first-order valence-electron chi connectivity index (χ1n) is 13.2. The lowest BCUT2D eigenvalue weighted by Crippen LogP contribution is -2.52. The van der Waals surface area contributed by atoms with E-state index in [1.807, 2.05) is 26.8 Å². The molecular weight excluding hydrogens is 550 g/mol. The summed E-state index contributed by atoms with van der Waals surface area (Å²) in [6.07, 6.45) is 1.08. The minimum absolute atomic E-state index is 0.0339. The molecule has 0 heterocycles. The van der Waals surface area contributed by atoms with Crippen LogP contribution in [0.5, 0.6) is 5.75 Å². The van der Waals surface area contributed by atoms with Gasteiger partial charge in [-0.25, -0.2) is 8.42 Å². The van der Waals surface area contributed by atoms with Crippen LogP contribution in [0, 0.1) is 6.92 Å². The van der Waals surface area contributed by atoms with Gasteiger partial charge < -0.3 is 15.0 Å². The highest BCUT2D eigenvalue weighted by atomic mass is 35.5. The Kier molecular flexibility index (Phi) is 11.0. The number of halogens is 1. The number of sulfonamides is 1. The predicted octanol–water partition coefficient (Wildman–Crippen LogP) is 5.19. The van der Waals surface area contributed by atoms with Gasteiger partial charge in [-0.3, -0.25) is 13.9 Å². The van der Waals surface area contributed by atoms with Crippen LogP contribution in [0.3, 0.4) is 0 Å².